The lowest BCUT2D eigenvalue weighted by Crippen LogP contribution is -2.51. The van der Waals surface area contributed by atoms with Crippen molar-refractivity contribution in [1.82, 2.24) is 10.6 Å². The molecule has 4 saturated heterocycles. The topological polar surface area (TPSA) is 79.4 Å². The van der Waals surface area contributed by atoms with Crippen LogP contribution in [-0.4, -0.2) is 66.2 Å². The summed E-state index contributed by atoms with van der Waals surface area (Å²) in [6, 6.07) is 42.0. The van der Waals surface area contributed by atoms with Gasteiger partial charge in [-0.15, -0.1) is 0 Å². The van der Waals surface area contributed by atoms with E-state index >= 15 is 0 Å². The van der Waals surface area contributed by atoms with E-state index in [4.69, 9.17) is 27.9 Å². The Morgan fingerprint density at radius 3 is 1.00 bits per heavy atom. The molecule has 248 valence electrons. The zero-order chi connectivity index (χ0) is 32.5. The zero-order valence-electron chi connectivity index (χ0n) is 27.4. The van der Waals surface area contributed by atoms with E-state index in [2.05, 4.69) is 108 Å². The maximum Gasteiger partial charge on any atom is 0.640 e. The largest absolute Gasteiger partial charge is 0.640 e. The Bertz CT molecular complexity index is 1320. The molecular formula is C38H44B2N2O6. The van der Waals surface area contributed by atoms with Crippen molar-refractivity contribution < 1.29 is 27.9 Å². The van der Waals surface area contributed by atoms with Gasteiger partial charge in [0, 0.05) is 12.1 Å². The monoisotopic (exact) mass is 646 g/mol. The van der Waals surface area contributed by atoms with Crippen LogP contribution >= 0.6 is 0 Å². The standard InChI is InChI=1S/2C19H22BNO3/c2*1-3-8-16(9-4-1)19(18-12-7-13-21-18,17-10-5-2-6-11-17)24-20-22-14-15-23-20/h2*1-6,8-11,18,21H,7,12-15H2/t2*18-/m10/s1. The summed E-state index contributed by atoms with van der Waals surface area (Å²) in [5, 5.41) is 7.26. The van der Waals surface area contributed by atoms with E-state index in [1.807, 2.05) is 24.3 Å². The van der Waals surface area contributed by atoms with Gasteiger partial charge in [-0.25, -0.2) is 0 Å². The van der Waals surface area contributed by atoms with Gasteiger partial charge in [0.2, 0.25) is 0 Å². The molecule has 0 saturated carbocycles. The summed E-state index contributed by atoms with van der Waals surface area (Å²) >= 11 is 0. The summed E-state index contributed by atoms with van der Waals surface area (Å²) in [5.74, 6) is 0. The van der Waals surface area contributed by atoms with Crippen LogP contribution in [0.5, 0.6) is 0 Å². The highest BCUT2D eigenvalue weighted by molar-refractivity contribution is 6.37. The fourth-order valence-electron chi connectivity index (χ4n) is 7.49. The first kappa shape index (κ1) is 33.2. The maximum absolute atomic E-state index is 6.55. The molecule has 8 rings (SSSR count). The third-order valence-corrected chi connectivity index (χ3v) is 9.66. The summed E-state index contributed by atoms with van der Waals surface area (Å²) in [4.78, 5) is 0. The summed E-state index contributed by atoms with van der Waals surface area (Å²) < 4.78 is 35.7. The SMILES string of the molecule is c1ccc(C(OB2OCCO2)(c2ccccc2)[C@@H]2CCCN2)cc1.c1ccc(C(OB2OCCO2)(c2ccccc2)[C@H]2CCCN2)cc1. The minimum atomic E-state index is -0.632. The second-order valence-corrected chi connectivity index (χ2v) is 12.5. The minimum Gasteiger partial charge on any atom is -0.384 e. The molecule has 0 bridgehead atoms. The Morgan fingerprint density at radius 1 is 0.458 bits per heavy atom. The van der Waals surface area contributed by atoms with Crippen LogP contribution in [0.25, 0.3) is 0 Å². The van der Waals surface area contributed by atoms with Crippen LogP contribution in [0.4, 0.5) is 0 Å². The maximum atomic E-state index is 6.55. The smallest absolute Gasteiger partial charge is 0.384 e. The summed E-state index contributed by atoms with van der Waals surface area (Å²) in [5.41, 5.74) is 3.22. The molecule has 0 unspecified atom stereocenters. The quantitative estimate of drug-likeness (QED) is 0.220. The van der Waals surface area contributed by atoms with Crippen LogP contribution in [0.15, 0.2) is 121 Å². The van der Waals surface area contributed by atoms with E-state index in [1.54, 1.807) is 0 Å². The van der Waals surface area contributed by atoms with E-state index in [-0.39, 0.29) is 12.1 Å². The van der Waals surface area contributed by atoms with Gasteiger partial charge in [0.25, 0.3) is 0 Å². The first-order valence-corrected chi connectivity index (χ1v) is 17.3. The van der Waals surface area contributed by atoms with Gasteiger partial charge in [-0.3, -0.25) is 0 Å². The second kappa shape index (κ2) is 15.9. The Kier molecular flexibility index (Phi) is 11.0. The molecule has 4 aliphatic rings. The van der Waals surface area contributed by atoms with Gasteiger partial charge in [0.05, 0.1) is 26.4 Å². The van der Waals surface area contributed by atoms with Gasteiger partial charge in [-0.05, 0) is 61.0 Å². The predicted molar refractivity (Wildman–Crippen MR) is 187 cm³/mol. The Hall–Kier alpha value is -3.31. The first-order valence-electron chi connectivity index (χ1n) is 17.3. The van der Waals surface area contributed by atoms with Gasteiger partial charge in [-0.1, -0.05) is 121 Å². The lowest BCUT2D eigenvalue weighted by atomic mass is 9.78. The molecule has 8 nitrogen and oxygen atoms in total. The molecular weight excluding hydrogens is 602 g/mol. The van der Waals surface area contributed by atoms with Gasteiger partial charge in [-0.2, -0.15) is 0 Å². The molecule has 0 radical (unpaired) electrons. The van der Waals surface area contributed by atoms with Crippen LogP contribution in [0.2, 0.25) is 0 Å². The molecule has 4 fully saturated rings. The third-order valence-electron chi connectivity index (χ3n) is 9.66. The molecule has 4 aromatic rings. The Balaban J connectivity index is 0.000000152. The van der Waals surface area contributed by atoms with Gasteiger partial charge < -0.3 is 38.6 Å². The summed E-state index contributed by atoms with van der Waals surface area (Å²) in [6.45, 7) is 4.29. The number of nitrogens with one attached hydrogen (secondary N) is 2. The van der Waals surface area contributed by atoms with Gasteiger partial charge in [0.1, 0.15) is 11.2 Å². The van der Waals surface area contributed by atoms with E-state index in [1.165, 1.54) is 0 Å². The van der Waals surface area contributed by atoms with Crippen LogP contribution < -0.4 is 10.6 Å². The molecule has 0 aliphatic carbocycles. The molecule has 4 aliphatic heterocycles. The number of hydrogen-bond acceptors (Lipinski definition) is 8. The molecule has 2 N–H and O–H groups in total. The van der Waals surface area contributed by atoms with Crippen molar-refractivity contribution in [2.24, 2.45) is 0 Å². The Labute approximate surface area is 284 Å². The first-order chi connectivity index (χ1) is 23.8. The molecule has 48 heavy (non-hydrogen) atoms. The number of benzene rings is 4. The van der Waals surface area contributed by atoms with Crippen molar-refractivity contribution in [2.45, 2.75) is 49.0 Å². The van der Waals surface area contributed by atoms with Crippen molar-refractivity contribution >= 4 is 14.6 Å². The molecule has 10 heteroatoms. The highest BCUT2D eigenvalue weighted by atomic mass is 16.8. The van der Waals surface area contributed by atoms with E-state index in [0.717, 1.165) is 61.0 Å². The van der Waals surface area contributed by atoms with Crippen molar-refractivity contribution in [3.05, 3.63) is 144 Å². The van der Waals surface area contributed by atoms with Crippen molar-refractivity contribution in [3.63, 3.8) is 0 Å². The predicted octanol–water partition coefficient (Wildman–Crippen LogP) is 5.46. The molecule has 4 heterocycles. The van der Waals surface area contributed by atoms with Gasteiger partial charge >= 0.3 is 14.6 Å². The van der Waals surface area contributed by atoms with E-state index in [0.29, 0.717) is 26.4 Å². The van der Waals surface area contributed by atoms with Crippen LogP contribution in [-0.2, 0) is 39.1 Å². The molecule has 0 amide bonds. The zero-order valence-corrected chi connectivity index (χ0v) is 27.4. The van der Waals surface area contributed by atoms with Crippen molar-refractivity contribution in [3.8, 4) is 0 Å². The lowest BCUT2D eigenvalue weighted by Gasteiger charge is -2.41. The van der Waals surface area contributed by atoms with Crippen LogP contribution in [0, 0.1) is 0 Å². The minimum absolute atomic E-state index is 0.176. The number of rotatable bonds is 10. The Morgan fingerprint density at radius 2 is 0.750 bits per heavy atom. The van der Waals surface area contributed by atoms with Crippen LogP contribution in [0.1, 0.15) is 47.9 Å². The van der Waals surface area contributed by atoms with Gasteiger partial charge in [0.15, 0.2) is 0 Å². The molecule has 2 atom stereocenters. The molecule has 4 aromatic carbocycles. The lowest BCUT2D eigenvalue weighted by molar-refractivity contribution is 0.0204. The highest BCUT2D eigenvalue weighted by Gasteiger charge is 2.50. The average Bonchev–Trinajstić information content (AvgIpc) is 4.01. The van der Waals surface area contributed by atoms with Crippen molar-refractivity contribution in [1.29, 1.82) is 0 Å². The third kappa shape index (κ3) is 7.04. The summed E-state index contributed by atoms with van der Waals surface area (Å²) in [7, 11) is -1.26. The fourth-order valence-corrected chi connectivity index (χ4v) is 7.49. The van der Waals surface area contributed by atoms with Crippen molar-refractivity contribution in [2.75, 3.05) is 39.5 Å². The average molecular weight is 646 g/mol. The second-order valence-electron chi connectivity index (χ2n) is 12.5. The van der Waals surface area contributed by atoms with E-state index < -0.39 is 25.8 Å². The normalized spacial score (nSPS) is 21.3. The fraction of sp³-hybridized carbons (Fsp3) is 0.368. The van der Waals surface area contributed by atoms with E-state index in [9.17, 15) is 0 Å². The molecule has 0 aromatic heterocycles. The summed E-state index contributed by atoms with van der Waals surface area (Å²) in [6.07, 6.45) is 4.39. The van der Waals surface area contributed by atoms with Crippen LogP contribution in [0.3, 0.4) is 0 Å². The molecule has 0 spiro atoms. The highest BCUT2D eigenvalue weighted by Crippen LogP contribution is 2.42. The number of hydrogen-bond donors (Lipinski definition) is 2.